The quantitative estimate of drug-likeness (QED) is 0.0696. The van der Waals surface area contributed by atoms with Crippen molar-refractivity contribution >= 4 is 0 Å². The van der Waals surface area contributed by atoms with Gasteiger partial charge in [0.1, 0.15) is 0 Å². The standard InChI is InChI=1S/C35H68/c1-3-5-7-9-11-13-15-17-19-21-23-25-27-29-31-33-35-34-32-30-28-26-24-22-20-18-16-14-12-10-8-6-4-2/h33-34H,3-32H2,1-2H3. The summed E-state index contributed by atoms with van der Waals surface area (Å²) in [5, 5.41) is 0. The molecule has 0 aliphatic rings. The molecule has 0 atom stereocenters. The molecule has 0 amide bonds. The monoisotopic (exact) mass is 489 g/mol. The molecule has 0 radical (unpaired) electrons. The molecular weight excluding hydrogens is 420 g/mol. The van der Waals surface area contributed by atoms with E-state index in [2.05, 4.69) is 31.7 Å². The lowest BCUT2D eigenvalue weighted by Crippen LogP contribution is -1.83. The van der Waals surface area contributed by atoms with Crippen molar-refractivity contribution in [3.8, 4) is 0 Å². The van der Waals surface area contributed by atoms with E-state index in [1.54, 1.807) is 0 Å². The fraction of sp³-hybridized carbons (Fsp3) is 0.914. The average Bonchev–Trinajstić information content (AvgIpc) is 2.87. The van der Waals surface area contributed by atoms with Crippen LogP contribution in [-0.4, -0.2) is 0 Å². The van der Waals surface area contributed by atoms with E-state index >= 15 is 0 Å². The van der Waals surface area contributed by atoms with Crippen LogP contribution in [0, 0.1) is 0 Å². The van der Waals surface area contributed by atoms with E-state index in [0.717, 1.165) is 0 Å². The van der Waals surface area contributed by atoms with E-state index in [-0.39, 0.29) is 0 Å². The van der Waals surface area contributed by atoms with Crippen LogP contribution < -0.4 is 0 Å². The summed E-state index contributed by atoms with van der Waals surface area (Å²) in [5.41, 5.74) is 3.43. The van der Waals surface area contributed by atoms with Gasteiger partial charge >= 0.3 is 0 Å². The van der Waals surface area contributed by atoms with Gasteiger partial charge in [-0.05, 0) is 37.8 Å². The molecule has 0 nitrogen and oxygen atoms in total. The summed E-state index contributed by atoms with van der Waals surface area (Å²) in [6, 6.07) is 0. The van der Waals surface area contributed by atoms with Crippen molar-refractivity contribution in [2.24, 2.45) is 0 Å². The maximum Gasteiger partial charge on any atom is -0.0274 e. The molecule has 0 aromatic rings. The Morgan fingerprint density at radius 1 is 0.286 bits per heavy atom. The lowest BCUT2D eigenvalue weighted by Gasteiger charge is -2.02. The van der Waals surface area contributed by atoms with Crippen molar-refractivity contribution < 1.29 is 0 Å². The lowest BCUT2D eigenvalue weighted by molar-refractivity contribution is 0.536. The Bertz CT molecular complexity index is 378. The molecule has 0 fully saturated rings. The fourth-order valence-corrected chi connectivity index (χ4v) is 5.13. The zero-order valence-corrected chi connectivity index (χ0v) is 24.9. The highest BCUT2D eigenvalue weighted by atomic mass is 14.0. The first-order valence-corrected chi connectivity index (χ1v) is 16.8. The highest BCUT2D eigenvalue weighted by Gasteiger charge is 1.95. The number of rotatable bonds is 30. The SMILES string of the molecule is CCCCCCCCCCCCCCCCC=C=CCCCCCCCCCCCCCCCC. The van der Waals surface area contributed by atoms with Crippen LogP contribution in [0.5, 0.6) is 0 Å². The number of hydrogen-bond donors (Lipinski definition) is 0. The zero-order chi connectivity index (χ0) is 25.3. The molecule has 0 aromatic carbocycles. The first-order valence-electron chi connectivity index (χ1n) is 16.8. The second-order valence-corrected chi connectivity index (χ2v) is 11.3. The molecule has 0 N–H and O–H groups in total. The molecule has 0 heteroatoms. The van der Waals surface area contributed by atoms with Gasteiger partial charge in [-0.25, -0.2) is 0 Å². The van der Waals surface area contributed by atoms with Crippen LogP contribution in [0.25, 0.3) is 0 Å². The molecule has 0 unspecified atom stereocenters. The van der Waals surface area contributed by atoms with Crippen LogP contribution in [0.15, 0.2) is 17.9 Å². The molecule has 0 saturated heterocycles. The van der Waals surface area contributed by atoms with Crippen LogP contribution in [-0.2, 0) is 0 Å². The van der Waals surface area contributed by atoms with Crippen molar-refractivity contribution in [2.75, 3.05) is 0 Å². The van der Waals surface area contributed by atoms with E-state index < -0.39 is 0 Å². The second-order valence-electron chi connectivity index (χ2n) is 11.3. The summed E-state index contributed by atoms with van der Waals surface area (Å²) >= 11 is 0. The molecule has 0 aliphatic heterocycles. The number of unbranched alkanes of at least 4 members (excludes halogenated alkanes) is 28. The molecule has 0 saturated carbocycles. The lowest BCUT2D eigenvalue weighted by atomic mass is 10.0. The third-order valence-corrected chi connectivity index (χ3v) is 7.64. The Morgan fingerprint density at radius 3 is 0.714 bits per heavy atom. The first kappa shape index (κ1) is 34.5. The molecule has 208 valence electrons. The van der Waals surface area contributed by atoms with Crippen LogP contribution in [0.2, 0.25) is 0 Å². The third-order valence-electron chi connectivity index (χ3n) is 7.64. The largest absolute Gasteiger partial charge is 0.130 e. The Morgan fingerprint density at radius 2 is 0.486 bits per heavy atom. The topological polar surface area (TPSA) is 0 Å². The normalized spacial score (nSPS) is 11.0. The van der Waals surface area contributed by atoms with E-state index in [0.29, 0.717) is 0 Å². The fourth-order valence-electron chi connectivity index (χ4n) is 5.13. The minimum atomic E-state index is 1.23. The summed E-state index contributed by atoms with van der Waals surface area (Å²) in [6.07, 6.45) is 47.5. The maximum absolute atomic E-state index is 3.43. The van der Waals surface area contributed by atoms with Gasteiger partial charge in [-0.15, -0.1) is 5.73 Å². The van der Waals surface area contributed by atoms with Gasteiger partial charge in [0.05, 0.1) is 0 Å². The Kier molecular flexibility index (Phi) is 33.1. The predicted molar refractivity (Wildman–Crippen MR) is 163 cm³/mol. The van der Waals surface area contributed by atoms with E-state index in [1.165, 1.54) is 193 Å². The molecule has 35 heavy (non-hydrogen) atoms. The van der Waals surface area contributed by atoms with Gasteiger partial charge in [-0.2, -0.15) is 0 Å². The minimum absolute atomic E-state index is 1.23. The number of hydrogen-bond acceptors (Lipinski definition) is 0. The molecule has 0 bridgehead atoms. The average molecular weight is 489 g/mol. The van der Waals surface area contributed by atoms with E-state index in [1.807, 2.05) is 0 Å². The van der Waals surface area contributed by atoms with Crippen molar-refractivity contribution in [1.29, 1.82) is 0 Å². The third kappa shape index (κ3) is 33.5. The molecule has 0 aliphatic carbocycles. The Hall–Kier alpha value is -0.480. The van der Waals surface area contributed by atoms with Crippen molar-refractivity contribution in [3.05, 3.63) is 17.9 Å². The van der Waals surface area contributed by atoms with Crippen LogP contribution in [0.4, 0.5) is 0 Å². The highest BCUT2D eigenvalue weighted by molar-refractivity contribution is 4.84. The van der Waals surface area contributed by atoms with Gasteiger partial charge in [0.15, 0.2) is 0 Å². The van der Waals surface area contributed by atoms with E-state index in [9.17, 15) is 0 Å². The maximum atomic E-state index is 3.43. The molecular formula is C35H68. The van der Waals surface area contributed by atoms with Gasteiger partial charge in [0.25, 0.3) is 0 Å². The van der Waals surface area contributed by atoms with Gasteiger partial charge < -0.3 is 0 Å². The second kappa shape index (κ2) is 33.5. The summed E-state index contributed by atoms with van der Waals surface area (Å²) in [4.78, 5) is 0. The smallest absolute Gasteiger partial charge is 0.0274 e. The molecule has 0 heterocycles. The van der Waals surface area contributed by atoms with Crippen molar-refractivity contribution in [1.82, 2.24) is 0 Å². The summed E-state index contributed by atoms with van der Waals surface area (Å²) in [6.45, 7) is 4.60. The molecule has 0 aromatic heterocycles. The van der Waals surface area contributed by atoms with Crippen LogP contribution in [0.1, 0.15) is 206 Å². The summed E-state index contributed by atoms with van der Waals surface area (Å²) in [5.74, 6) is 0. The van der Waals surface area contributed by atoms with Crippen LogP contribution in [0.3, 0.4) is 0 Å². The van der Waals surface area contributed by atoms with Gasteiger partial charge in [-0.1, -0.05) is 181 Å². The van der Waals surface area contributed by atoms with Crippen molar-refractivity contribution in [2.45, 2.75) is 206 Å². The summed E-state index contributed by atoms with van der Waals surface area (Å²) < 4.78 is 0. The van der Waals surface area contributed by atoms with Gasteiger partial charge in [0.2, 0.25) is 0 Å². The molecule has 0 spiro atoms. The zero-order valence-electron chi connectivity index (χ0n) is 24.9. The van der Waals surface area contributed by atoms with Crippen LogP contribution >= 0.6 is 0 Å². The van der Waals surface area contributed by atoms with Crippen molar-refractivity contribution in [3.63, 3.8) is 0 Å². The predicted octanol–water partition coefficient (Wildman–Crippen LogP) is 13.4. The Labute approximate surface area is 224 Å². The van der Waals surface area contributed by atoms with Gasteiger partial charge in [0, 0.05) is 0 Å². The first-order chi connectivity index (χ1) is 17.4. The van der Waals surface area contributed by atoms with E-state index in [4.69, 9.17) is 0 Å². The number of allylic oxidation sites excluding steroid dienone is 1. The summed E-state index contributed by atoms with van der Waals surface area (Å²) in [7, 11) is 0. The minimum Gasteiger partial charge on any atom is -0.130 e. The Balaban J connectivity index is 3.14. The molecule has 0 rings (SSSR count). The van der Waals surface area contributed by atoms with Gasteiger partial charge in [-0.3, -0.25) is 0 Å². The highest BCUT2D eigenvalue weighted by Crippen LogP contribution is 2.14.